The minimum absolute atomic E-state index is 0.126. The second kappa shape index (κ2) is 9.94. The number of carbonyl (C=O) groups is 2. The Labute approximate surface area is 141 Å². The second-order valence-corrected chi connectivity index (χ2v) is 6.69. The molecule has 0 aromatic carbocycles. The third-order valence-corrected chi connectivity index (χ3v) is 6.05. The zero-order valence-corrected chi connectivity index (χ0v) is 15.7. The van der Waals surface area contributed by atoms with Gasteiger partial charge in [0, 0.05) is 0 Å². The lowest BCUT2D eigenvalue weighted by Gasteiger charge is -2.49. The molecule has 0 bridgehead atoms. The van der Waals surface area contributed by atoms with Gasteiger partial charge in [0.05, 0.1) is 0 Å². The molecule has 136 valence electrons. The van der Waals surface area contributed by atoms with Crippen molar-refractivity contribution >= 4 is 11.9 Å². The highest BCUT2D eigenvalue weighted by Gasteiger charge is 2.61. The van der Waals surface area contributed by atoms with E-state index in [0.717, 1.165) is 32.1 Å². The first-order chi connectivity index (χ1) is 10.8. The SMILES string of the molecule is CCCCCCC(CC)C(CC)(CC)C(CC)(C(=O)O)C(=O)O. The predicted molar refractivity (Wildman–Crippen MR) is 93.6 cm³/mol. The Kier molecular flexibility index (Phi) is 9.48. The summed E-state index contributed by atoms with van der Waals surface area (Å²) in [4.78, 5) is 24.1. The molecule has 1 atom stereocenters. The Morgan fingerprint density at radius 3 is 1.65 bits per heavy atom. The number of carboxylic acids is 2. The highest BCUT2D eigenvalue weighted by molar-refractivity contribution is 5.99. The first kappa shape index (κ1) is 21.9. The highest BCUT2D eigenvalue weighted by Crippen LogP contribution is 2.55. The van der Waals surface area contributed by atoms with E-state index in [1.165, 1.54) is 6.42 Å². The molecule has 2 N–H and O–H groups in total. The fourth-order valence-electron chi connectivity index (χ4n) is 4.64. The van der Waals surface area contributed by atoms with Gasteiger partial charge in [0.2, 0.25) is 0 Å². The summed E-state index contributed by atoms with van der Waals surface area (Å²) >= 11 is 0. The van der Waals surface area contributed by atoms with Crippen molar-refractivity contribution in [1.29, 1.82) is 0 Å². The standard InChI is InChI=1S/C19H36O4/c1-6-11-12-13-14-15(7-2)18(8-3,9-4)19(10-5,16(20)21)17(22)23/h15H,6-14H2,1-5H3,(H,20,21)(H,22,23). The molecule has 23 heavy (non-hydrogen) atoms. The molecule has 0 saturated carbocycles. The van der Waals surface area contributed by atoms with Crippen LogP contribution in [-0.2, 0) is 9.59 Å². The van der Waals surface area contributed by atoms with E-state index in [4.69, 9.17) is 0 Å². The molecule has 0 aliphatic heterocycles. The molecule has 0 spiro atoms. The molecule has 4 heteroatoms. The molecule has 1 unspecified atom stereocenters. The number of unbranched alkanes of at least 4 members (excludes halogenated alkanes) is 3. The molecule has 0 aliphatic carbocycles. The van der Waals surface area contributed by atoms with Gasteiger partial charge >= 0.3 is 11.9 Å². The van der Waals surface area contributed by atoms with Crippen LogP contribution in [0.1, 0.15) is 92.4 Å². The van der Waals surface area contributed by atoms with Gasteiger partial charge in [-0.05, 0) is 37.0 Å². The van der Waals surface area contributed by atoms with Crippen LogP contribution in [0, 0.1) is 16.7 Å². The molecular weight excluding hydrogens is 292 g/mol. The minimum Gasteiger partial charge on any atom is -0.480 e. The highest BCUT2D eigenvalue weighted by atomic mass is 16.4. The summed E-state index contributed by atoms with van der Waals surface area (Å²) in [6.07, 6.45) is 7.57. The van der Waals surface area contributed by atoms with Crippen molar-refractivity contribution < 1.29 is 19.8 Å². The molecule has 0 amide bonds. The number of hydrogen-bond acceptors (Lipinski definition) is 2. The van der Waals surface area contributed by atoms with E-state index in [9.17, 15) is 19.8 Å². The molecule has 0 aromatic heterocycles. The molecule has 0 aromatic rings. The Morgan fingerprint density at radius 2 is 1.35 bits per heavy atom. The first-order valence-corrected chi connectivity index (χ1v) is 9.31. The molecule has 0 saturated heterocycles. The molecular formula is C19H36O4. The zero-order chi connectivity index (χ0) is 18.1. The van der Waals surface area contributed by atoms with E-state index in [1.807, 2.05) is 13.8 Å². The maximum Gasteiger partial charge on any atom is 0.321 e. The van der Waals surface area contributed by atoms with Crippen molar-refractivity contribution in [2.45, 2.75) is 92.4 Å². The number of carboxylic acid groups (broad SMARTS) is 2. The van der Waals surface area contributed by atoms with Crippen LogP contribution in [0.5, 0.6) is 0 Å². The van der Waals surface area contributed by atoms with Gasteiger partial charge in [-0.25, -0.2) is 0 Å². The minimum atomic E-state index is -1.69. The van der Waals surface area contributed by atoms with Gasteiger partial charge in [-0.1, -0.05) is 66.7 Å². The monoisotopic (exact) mass is 328 g/mol. The molecule has 0 rings (SSSR count). The summed E-state index contributed by atoms with van der Waals surface area (Å²) in [6.45, 7) is 9.83. The van der Waals surface area contributed by atoms with Crippen molar-refractivity contribution in [2.75, 3.05) is 0 Å². The van der Waals surface area contributed by atoms with Gasteiger partial charge in [-0.3, -0.25) is 9.59 Å². The number of aliphatic carboxylic acids is 2. The van der Waals surface area contributed by atoms with Gasteiger partial charge in [0.25, 0.3) is 0 Å². The number of hydrogen-bond donors (Lipinski definition) is 2. The lowest BCUT2D eigenvalue weighted by molar-refractivity contribution is -0.183. The Hall–Kier alpha value is -1.06. The smallest absolute Gasteiger partial charge is 0.321 e. The van der Waals surface area contributed by atoms with E-state index in [2.05, 4.69) is 13.8 Å². The van der Waals surface area contributed by atoms with Crippen molar-refractivity contribution in [2.24, 2.45) is 16.7 Å². The quantitative estimate of drug-likeness (QED) is 0.353. The second-order valence-electron chi connectivity index (χ2n) is 6.69. The van der Waals surface area contributed by atoms with Crippen LogP contribution >= 0.6 is 0 Å². The summed E-state index contributed by atoms with van der Waals surface area (Å²) < 4.78 is 0. The third kappa shape index (κ3) is 4.07. The van der Waals surface area contributed by atoms with Crippen LogP contribution < -0.4 is 0 Å². The molecule has 0 fully saturated rings. The van der Waals surface area contributed by atoms with Crippen LogP contribution in [0.2, 0.25) is 0 Å². The van der Waals surface area contributed by atoms with E-state index in [-0.39, 0.29) is 12.3 Å². The lowest BCUT2D eigenvalue weighted by atomic mass is 9.52. The van der Waals surface area contributed by atoms with Crippen LogP contribution in [0.15, 0.2) is 0 Å². The summed E-state index contributed by atoms with van der Waals surface area (Å²) in [7, 11) is 0. The lowest BCUT2D eigenvalue weighted by Crippen LogP contribution is -2.56. The van der Waals surface area contributed by atoms with Gasteiger partial charge in [-0.2, -0.15) is 0 Å². The zero-order valence-electron chi connectivity index (χ0n) is 15.7. The fraction of sp³-hybridized carbons (Fsp3) is 0.895. The van der Waals surface area contributed by atoms with Crippen molar-refractivity contribution in [3.05, 3.63) is 0 Å². The van der Waals surface area contributed by atoms with Gasteiger partial charge in [0.15, 0.2) is 5.41 Å². The van der Waals surface area contributed by atoms with Crippen LogP contribution in [0.4, 0.5) is 0 Å². The number of rotatable bonds is 13. The largest absolute Gasteiger partial charge is 0.480 e. The maximum atomic E-state index is 12.1. The Bertz CT molecular complexity index is 358. The molecule has 0 heterocycles. The van der Waals surface area contributed by atoms with Gasteiger partial charge < -0.3 is 10.2 Å². The van der Waals surface area contributed by atoms with E-state index < -0.39 is 22.8 Å². The summed E-state index contributed by atoms with van der Waals surface area (Å²) in [5, 5.41) is 19.7. The normalized spacial score (nSPS) is 13.8. The van der Waals surface area contributed by atoms with E-state index in [0.29, 0.717) is 12.8 Å². The van der Waals surface area contributed by atoms with Crippen LogP contribution in [0.3, 0.4) is 0 Å². The average Bonchev–Trinajstić information content (AvgIpc) is 2.52. The summed E-state index contributed by atoms with van der Waals surface area (Å²) in [5.74, 6) is -2.23. The van der Waals surface area contributed by atoms with Gasteiger partial charge in [0.1, 0.15) is 0 Å². The Balaban J connectivity index is 5.81. The molecule has 0 aliphatic rings. The topological polar surface area (TPSA) is 74.6 Å². The molecule has 0 radical (unpaired) electrons. The van der Waals surface area contributed by atoms with Gasteiger partial charge in [-0.15, -0.1) is 0 Å². The van der Waals surface area contributed by atoms with E-state index in [1.54, 1.807) is 6.92 Å². The van der Waals surface area contributed by atoms with Crippen molar-refractivity contribution in [1.82, 2.24) is 0 Å². The summed E-state index contributed by atoms with van der Waals surface area (Å²) in [5.41, 5.74) is -2.39. The van der Waals surface area contributed by atoms with Crippen LogP contribution in [-0.4, -0.2) is 22.2 Å². The van der Waals surface area contributed by atoms with E-state index >= 15 is 0 Å². The van der Waals surface area contributed by atoms with Crippen molar-refractivity contribution in [3.8, 4) is 0 Å². The van der Waals surface area contributed by atoms with Crippen LogP contribution in [0.25, 0.3) is 0 Å². The third-order valence-electron chi connectivity index (χ3n) is 6.05. The fourth-order valence-corrected chi connectivity index (χ4v) is 4.64. The molecule has 4 nitrogen and oxygen atoms in total. The van der Waals surface area contributed by atoms with Crippen molar-refractivity contribution in [3.63, 3.8) is 0 Å². The summed E-state index contributed by atoms with van der Waals surface area (Å²) in [6, 6.07) is 0. The first-order valence-electron chi connectivity index (χ1n) is 9.31. The average molecular weight is 328 g/mol. The maximum absolute atomic E-state index is 12.1. The Morgan fingerprint density at radius 1 is 0.826 bits per heavy atom. The predicted octanol–water partition coefficient (Wildman–Crippen LogP) is 5.36.